The van der Waals surface area contributed by atoms with Gasteiger partial charge in [-0.2, -0.15) is 0 Å². The molecule has 0 aromatic rings. The van der Waals surface area contributed by atoms with Crippen LogP contribution in [0.15, 0.2) is 4.99 Å². The molecule has 2 nitrogen and oxygen atoms in total. The molecule has 0 unspecified atom stereocenters. The van der Waals surface area contributed by atoms with Gasteiger partial charge in [-0.15, -0.1) is 11.8 Å². The van der Waals surface area contributed by atoms with Crippen molar-refractivity contribution in [3.8, 4) is 0 Å². The van der Waals surface area contributed by atoms with Gasteiger partial charge in [-0.1, -0.05) is 0 Å². The number of ether oxygens (including phenoxy) is 1. The Morgan fingerprint density at radius 1 is 2.00 bits per heavy atom. The molecule has 3 heteroatoms. The fourth-order valence-corrected chi connectivity index (χ4v) is 0.841. The van der Waals surface area contributed by atoms with Crippen LogP contribution < -0.4 is 0 Å². The molecule has 1 aliphatic heterocycles. The molecule has 38 valence electrons. The van der Waals surface area contributed by atoms with Gasteiger partial charge in [0.15, 0.2) is 0 Å². The third-order valence-electron chi connectivity index (χ3n) is 0.626. The lowest BCUT2D eigenvalue weighted by Crippen LogP contribution is -1.93. The van der Waals surface area contributed by atoms with Crippen LogP contribution >= 0.6 is 11.8 Å². The van der Waals surface area contributed by atoms with E-state index in [1.54, 1.807) is 7.11 Å². The minimum atomic E-state index is 0.630. The number of hydrogen-bond acceptors (Lipinski definition) is 3. The molecule has 0 saturated heterocycles. The smallest absolute Gasteiger partial charge is 0.204 e. The maximum atomic E-state index is 4.73. The van der Waals surface area contributed by atoms with Crippen molar-refractivity contribution in [3.05, 3.63) is 5.75 Å². The first-order valence-electron chi connectivity index (χ1n) is 1.90. The molecule has 0 bridgehead atoms. The summed E-state index contributed by atoms with van der Waals surface area (Å²) < 4.78 is 4.73. The second-order valence-electron chi connectivity index (χ2n) is 1.04. The van der Waals surface area contributed by atoms with Crippen LogP contribution in [0.2, 0.25) is 0 Å². The molecule has 0 saturated carbocycles. The van der Waals surface area contributed by atoms with Crippen molar-refractivity contribution in [3.63, 3.8) is 0 Å². The average molecular weight is 115 g/mol. The average Bonchev–Trinajstić information content (AvgIpc) is 2.14. The third-order valence-corrected chi connectivity index (χ3v) is 1.20. The molecule has 0 aromatic heterocycles. The summed E-state index contributed by atoms with van der Waals surface area (Å²) in [7, 11) is 1.59. The van der Waals surface area contributed by atoms with Crippen LogP contribution in [-0.2, 0) is 4.74 Å². The monoisotopic (exact) mass is 115 g/mol. The lowest BCUT2D eigenvalue weighted by molar-refractivity contribution is 0.405. The van der Waals surface area contributed by atoms with Gasteiger partial charge in [0.25, 0.3) is 0 Å². The van der Waals surface area contributed by atoms with Gasteiger partial charge in [-0.25, -0.2) is 4.99 Å². The molecule has 0 aromatic carbocycles. The first-order chi connectivity index (χ1) is 3.43. The van der Waals surface area contributed by atoms with Crippen molar-refractivity contribution >= 4 is 17.7 Å². The molecular formula is C4H5NOS. The molecule has 0 N–H and O–H groups in total. The summed E-state index contributed by atoms with van der Waals surface area (Å²) in [6.45, 7) is 0. The van der Waals surface area contributed by atoms with Crippen molar-refractivity contribution < 1.29 is 4.74 Å². The van der Waals surface area contributed by atoms with Gasteiger partial charge in [0.1, 0.15) is 5.75 Å². The highest BCUT2D eigenvalue weighted by Gasteiger charge is 2.05. The maximum Gasteiger partial charge on any atom is 0.204 e. The maximum absolute atomic E-state index is 4.73. The largest absolute Gasteiger partial charge is 0.483 e. The van der Waals surface area contributed by atoms with Gasteiger partial charge in [0, 0.05) is 0 Å². The highest BCUT2D eigenvalue weighted by Crippen LogP contribution is 2.14. The number of nitrogens with zero attached hydrogens (tertiary/aromatic N) is 1. The van der Waals surface area contributed by atoms with Crippen molar-refractivity contribution in [2.45, 2.75) is 0 Å². The number of methoxy groups -OCH3 is 1. The second-order valence-corrected chi connectivity index (χ2v) is 1.79. The molecule has 1 heterocycles. The highest BCUT2D eigenvalue weighted by molar-refractivity contribution is 8.02. The third kappa shape index (κ3) is 1.09. The van der Waals surface area contributed by atoms with E-state index >= 15 is 0 Å². The Bertz CT molecular complexity index is 91.7. The Hall–Kier alpha value is -0.180. The summed E-state index contributed by atoms with van der Waals surface area (Å²) >= 11 is 1.53. The zero-order valence-corrected chi connectivity index (χ0v) is 4.79. The molecule has 0 atom stereocenters. The van der Waals surface area contributed by atoms with Crippen molar-refractivity contribution in [1.29, 1.82) is 0 Å². The topological polar surface area (TPSA) is 21.6 Å². The van der Waals surface area contributed by atoms with E-state index in [-0.39, 0.29) is 0 Å². The van der Waals surface area contributed by atoms with Crippen molar-refractivity contribution in [2.24, 2.45) is 4.99 Å². The van der Waals surface area contributed by atoms with E-state index in [4.69, 9.17) is 4.74 Å². The molecule has 1 rings (SSSR count). The molecule has 0 fully saturated rings. The van der Waals surface area contributed by atoms with Crippen LogP contribution in [0, 0.1) is 5.75 Å². The van der Waals surface area contributed by atoms with Gasteiger partial charge < -0.3 is 4.74 Å². The Morgan fingerprint density at radius 3 is 3.14 bits per heavy atom. The van der Waals surface area contributed by atoms with Crippen molar-refractivity contribution in [2.75, 3.05) is 13.0 Å². The van der Waals surface area contributed by atoms with Crippen LogP contribution in [0.1, 0.15) is 0 Å². The van der Waals surface area contributed by atoms with E-state index < -0.39 is 0 Å². The van der Waals surface area contributed by atoms with Gasteiger partial charge in [-0.3, -0.25) is 0 Å². The fraction of sp³-hybridized carbons (Fsp3) is 0.500. The molecule has 2 radical (unpaired) electrons. The number of thioether (sulfide) groups is 1. The van der Waals surface area contributed by atoms with Crippen LogP contribution in [0.25, 0.3) is 0 Å². The Labute approximate surface area is 47.0 Å². The predicted molar refractivity (Wildman–Crippen MR) is 30.1 cm³/mol. The summed E-state index contributed by atoms with van der Waals surface area (Å²) in [4.78, 5) is 3.90. The van der Waals surface area contributed by atoms with Gasteiger partial charge >= 0.3 is 0 Å². The molecule has 0 amide bonds. The molecule has 7 heavy (non-hydrogen) atoms. The van der Waals surface area contributed by atoms with Gasteiger partial charge in [0.2, 0.25) is 5.90 Å². The molecule has 0 aliphatic carbocycles. The Morgan fingerprint density at radius 2 is 2.86 bits per heavy atom. The summed E-state index contributed by atoms with van der Waals surface area (Å²) in [5.41, 5.74) is 0. The fourth-order valence-electron chi connectivity index (χ4n) is 0.323. The van der Waals surface area contributed by atoms with Crippen LogP contribution in [-0.4, -0.2) is 18.9 Å². The SMILES string of the molecule is COC1=NCS[C]1. The molecule has 0 spiro atoms. The molecular weight excluding hydrogens is 110 g/mol. The number of rotatable bonds is 0. The summed E-state index contributed by atoms with van der Waals surface area (Å²) in [6.07, 6.45) is 0. The highest BCUT2D eigenvalue weighted by atomic mass is 32.2. The summed E-state index contributed by atoms with van der Waals surface area (Å²) in [5, 5.41) is 0. The van der Waals surface area contributed by atoms with Crippen LogP contribution in [0.3, 0.4) is 0 Å². The predicted octanol–water partition coefficient (Wildman–Crippen LogP) is 0.774. The van der Waals surface area contributed by atoms with Crippen LogP contribution in [0.4, 0.5) is 0 Å². The number of aliphatic imine (C=N–C) groups is 1. The lowest BCUT2D eigenvalue weighted by Gasteiger charge is -1.89. The van der Waals surface area contributed by atoms with Crippen LogP contribution in [0.5, 0.6) is 0 Å². The minimum Gasteiger partial charge on any atom is -0.483 e. The first-order valence-corrected chi connectivity index (χ1v) is 2.88. The quantitative estimate of drug-likeness (QED) is 0.465. The zero-order valence-electron chi connectivity index (χ0n) is 3.97. The lowest BCUT2D eigenvalue weighted by atomic mass is 10.8. The first kappa shape index (κ1) is 4.97. The standard InChI is InChI=1S/C4H5NOS/c1-6-4-2-7-3-5-4/h3H2,1H3. The minimum absolute atomic E-state index is 0.630. The molecule has 1 aliphatic rings. The summed E-state index contributed by atoms with van der Waals surface area (Å²) in [5.74, 6) is 4.25. The van der Waals surface area contributed by atoms with E-state index in [1.165, 1.54) is 11.8 Å². The van der Waals surface area contributed by atoms with E-state index in [9.17, 15) is 0 Å². The summed E-state index contributed by atoms with van der Waals surface area (Å²) in [6, 6.07) is 0. The van der Waals surface area contributed by atoms with E-state index in [0.717, 1.165) is 5.88 Å². The normalized spacial score (nSPS) is 19.3. The Kier molecular flexibility index (Phi) is 1.57. The van der Waals surface area contributed by atoms with Gasteiger partial charge in [0.05, 0.1) is 13.0 Å². The van der Waals surface area contributed by atoms with Crippen molar-refractivity contribution in [1.82, 2.24) is 0 Å². The second kappa shape index (κ2) is 2.21. The number of hydrogen-bond donors (Lipinski definition) is 0. The Balaban J connectivity index is 2.36. The van der Waals surface area contributed by atoms with Gasteiger partial charge in [-0.05, 0) is 0 Å². The van der Waals surface area contributed by atoms with E-state index in [1.807, 2.05) is 0 Å². The van der Waals surface area contributed by atoms with E-state index in [0.29, 0.717) is 5.90 Å². The van der Waals surface area contributed by atoms with E-state index in [2.05, 4.69) is 10.7 Å². The zero-order chi connectivity index (χ0) is 5.11.